The molecule has 0 aliphatic rings. The number of rotatable bonds is 10. The topological polar surface area (TPSA) is 99.1 Å². The molecule has 2 aromatic carbocycles. The van der Waals surface area contributed by atoms with E-state index in [9.17, 15) is 13.2 Å². The van der Waals surface area contributed by atoms with Crippen molar-refractivity contribution in [2.24, 2.45) is 0 Å². The van der Waals surface area contributed by atoms with Crippen LogP contribution in [0.3, 0.4) is 0 Å². The zero-order valence-electron chi connectivity index (χ0n) is 15.2. The summed E-state index contributed by atoms with van der Waals surface area (Å²) in [6.07, 6.45) is 1.48. The lowest BCUT2D eigenvalue weighted by atomic mass is 10.2. The van der Waals surface area contributed by atoms with Crippen molar-refractivity contribution in [2.45, 2.75) is 11.5 Å². The van der Waals surface area contributed by atoms with Gasteiger partial charge in [-0.15, -0.1) is 18.3 Å². The fraction of sp³-hybridized carbons (Fsp3) is 0.200. The van der Waals surface area contributed by atoms with E-state index in [1.165, 1.54) is 17.8 Å². The van der Waals surface area contributed by atoms with Crippen LogP contribution in [-0.4, -0.2) is 26.6 Å². The first kappa shape index (κ1) is 21.7. The minimum absolute atomic E-state index is 0.129. The second kappa shape index (κ2) is 10.7. The molecule has 0 bridgehead atoms. The number of nitriles is 1. The number of benzene rings is 2. The van der Waals surface area contributed by atoms with Crippen molar-refractivity contribution in [3.63, 3.8) is 0 Å². The second-order valence-corrected chi connectivity index (χ2v) is 8.74. The number of thioether (sulfide) groups is 1. The minimum Gasteiger partial charge on any atom is -0.325 e. The molecule has 8 heteroatoms. The largest absolute Gasteiger partial charge is 0.325 e. The summed E-state index contributed by atoms with van der Waals surface area (Å²) in [5.74, 6) is 0.705. The number of anilines is 1. The van der Waals surface area contributed by atoms with E-state index >= 15 is 0 Å². The van der Waals surface area contributed by atoms with Crippen LogP contribution in [0.2, 0.25) is 0 Å². The van der Waals surface area contributed by atoms with E-state index in [4.69, 9.17) is 5.26 Å². The maximum atomic E-state index is 12.0. The third-order valence-electron chi connectivity index (χ3n) is 3.63. The van der Waals surface area contributed by atoms with Crippen molar-refractivity contribution in [1.29, 1.82) is 5.26 Å². The molecule has 0 atom stereocenters. The van der Waals surface area contributed by atoms with Crippen LogP contribution in [0, 0.1) is 11.3 Å². The van der Waals surface area contributed by atoms with Crippen molar-refractivity contribution in [3.05, 3.63) is 77.9 Å². The van der Waals surface area contributed by atoms with Crippen LogP contribution in [0.4, 0.5) is 5.69 Å². The Labute approximate surface area is 169 Å². The molecule has 0 aliphatic carbocycles. The first-order chi connectivity index (χ1) is 13.4. The molecule has 0 saturated carbocycles. The molecule has 0 radical (unpaired) electrons. The van der Waals surface area contributed by atoms with Crippen molar-refractivity contribution >= 4 is 33.4 Å². The third kappa shape index (κ3) is 7.56. The molecule has 2 N–H and O–H groups in total. The van der Waals surface area contributed by atoms with Crippen LogP contribution in [0.5, 0.6) is 0 Å². The van der Waals surface area contributed by atoms with Gasteiger partial charge in [-0.3, -0.25) is 4.79 Å². The molecule has 2 rings (SSSR count). The van der Waals surface area contributed by atoms with E-state index in [0.29, 0.717) is 28.3 Å². The van der Waals surface area contributed by atoms with Crippen LogP contribution >= 0.6 is 11.8 Å². The highest BCUT2D eigenvalue weighted by Gasteiger charge is 2.10. The fourth-order valence-electron chi connectivity index (χ4n) is 2.27. The summed E-state index contributed by atoms with van der Waals surface area (Å²) in [4.78, 5) is 12.0. The molecule has 0 spiro atoms. The highest BCUT2D eigenvalue weighted by Crippen LogP contribution is 2.15. The molecule has 28 heavy (non-hydrogen) atoms. The maximum absolute atomic E-state index is 12.0. The Balaban J connectivity index is 1.78. The lowest BCUT2D eigenvalue weighted by Gasteiger charge is -2.08. The number of hydrogen-bond acceptors (Lipinski definition) is 5. The van der Waals surface area contributed by atoms with E-state index in [-0.39, 0.29) is 18.2 Å². The van der Waals surface area contributed by atoms with Crippen molar-refractivity contribution in [3.8, 4) is 6.07 Å². The molecule has 1 amide bonds. The summed E-state index contributed by atoms with van der Waals surface area (Å²) < 4.78 is 26.1. The van der Waals surface area contributed by atoms with Crippen molar-refractivity contribution in [2.75, 3.05) is 17.6 Å². The van der Waals surface area contributed by atoms with Crippen LogP contribution < -0.4 is 10.0 Å². The first-order valence-corrected chi connectivity index (χ1v) is 11.3. The lowest BCUT2D eigenvalue weighted by Crippen LogP contribution is -2.25. The van der Waals surface area contributed by atoms with Gasteiger partial charge >= 0.3 is 0 Å². The summed E-state index contributed by atoms with van der Waals surface area (Å²) >= 11 is 1.48. The number of carbonyl (C=O) groups is 1. The predicted octanol–water partition coefficient (Wildman–Crippen LogP) is 3.04. The molecule has 6 nitrogen and oxygen atoms in total. The third-order valence-corrected chi connectivity index (χ3v) is 5.95. The molecular formula is C20H21N3O3S2. The number of sulfonamides is 1. The average molecular weight is 416 g/mol. The molecule has 146 valence electrons. The quantitative estimate of drug-likeness (QED) is 0.581. The summed E-state index contributed by atoms with van der Waals surface area (Å²) in [5, 5.41) is 11.6. The number of carbonyl (C=O) groups excluding carboxylic acids is 1. The summed E-state index contributed by atoms with van der Waals surface area (Å²) in [5.41, 5.74) is 2.90. The van der Waals surface area contributed by atoms with Crippen LogP contribution in [-0.2, 0) is 26.3 Å². The zero-order valence-corrected chi connectivity index (χ0v) is 16.9. The van der Waals surface area contributed by atoms with Gasteiger partial charge in [-0.05, 0) is 35.4 Å². The lowest BCUT2D eigenvalue weighted by molar-refractivity contribution is -0.113. The highest BCUT2D eigenvalue weighted by atomic mass is 32.2. The maximum Gasteiger partial charge on any atom is 0.234 e. The van der Waals surface area contributed by atoms with Crippen LogP contribution in [0.1, 0.15) is 16.7 Å². The molecular weight excluding hydrogens is 394 g/mol. The van der Waals surface area contributed by atoms with E-state index in [1.54, 1.807) is 36.4 Å². The molecule has 0 saturated heterocycles. The monoisotopic (exact) mass is 415 g/mol. The molecule has 2 aromatic rings. The zero-order chi connectivity index (χ0) is 20.4. The molecule has 0 aromatic heterocycles. The summed E-state index contributed by atoms with van der Waals surface area (Å²) in [7, 11) is -3.41. The average Bonchev–Trinajstić information content (AvgIpc) is 2.68. The van der Waals surface area contributed by atoms with Gasteiger partial charge < -0.3 is 5.32 Å². The van der Waals surface area contributed by atoms with Gasteiger partial charge in [0.15, 0.2) is 0 Å². The van der Waals surface area contributed by atoms with Gasteiger partial charge in [-0.2, -0.15) is 5.26 Å². The Morgan fingerprint density at radius 1 is 1.11 bits per heavy atom. The van der Waals surface area contributed by atoms with E-state index in [2.05, 4.69) is 22.7 Å². The Bertz CT molecular complexity index is 948. The van der Waals surface area contributed by atoms with Gasteiger partial charge in [0, 0.05) is 18.0 Å². The smallest absolute Gasteiger partial charge is 0.234 e. The van der Waals surface area contributed by atoms with Gasteiger partial charge in [0.25, 0.3) is 0 Å². The van der Waals surface area contributed by atoms with Crippen molar-refractivity contribution in [1.82, 2.24) is 4.72 Å². The molecule has 0 heterocycles. The van der Waals surface area contributed by atoms with Gasteiger partial charge in [-0.1, -0.05) is 30.3 Å². The minimum atomic E-state index is -3.41. The highest BCUT2D eigenvalue weighted by molar-refractivity contribution is 7.99. The number of nitrogens with one attached hydrogen (secondary N) is 2. The summed E-state index contributed by atoms with van der Waals surface area (Å²) in [6.45, 7) is 3.67. The van der Waals surface area contributed by atoms with Gasteiger partial charge in [-0.25, -0.2) is 13.1 Å². The number of hydrogen-bond donors (Lipinski definition) is 2. The van der Waals surface area contributed by atoms with Crippen LogP contribution in [0.15, 0.2) is 61.2 Å². The van der Waals surface area contributed by atoms with Gasteiger partial charge in [0.1, 0.15) is 0 Å². The molecule has 0 fully saturated rings. The SMILES string of the molecule is C=CCNS(=O)(=O)Cc1ccc(NC(=O)CSCc2ccc(C#N)cc2)cc1. The molecule has 0 aliphatic heterocycles. The van der Waals surface area contributed by atoms with Gasteiger partial charge in [0.05, 0.1) is 23.1 Å². The first-order valence-electron chi connectivity index (χ1n) is 8.45. The van der Waals surface area contributed by atoms with Crippen LogP contribution in [0.25, 0.3) is 0 Å². The second-order valence-electron chi connectivity index (χ2n) is 5.94. The standard InChI is InChI=1S/C20H21N3O3S2/c1-2-11-22-28(25,26)15-18-7-9-19(10-8-18)23-20(24)14-27-13-17-5-3-16(12-21)4-6-17/h2-10,22H,1,11,13-15H2,(H,23,24). The molecule has 0 unspecified atom stereocenters. The Hall–Kier alpha value is -2.60. The Morgan fingerprint density at radius 3 is 2.36 bits per heavy atom. The van der Waals surface area contributed by atoms with Gasteiger partial charge in [0.2, 0.25) is 15.9 Å². The Kier molecular flexibility index (Phi) is 8.26. The van der Waals surface area contributed by atoms with Crippen molar-refractivity contribution < 1.29 is 13.2 Å². The van der Waals surface area contributed by atoms with E-state index in [1.807, 2.05) is 12.1 Å². The van der Waals surface area contributed by atoms with E-state index < -0.39 is 10.0 Å². The fourth-order valence-corrected chi connectivity index (χ4v) is 4.17. The number of amides is 1. The summed E-state index contributed by atoms with van der Waals surface area (Å²) in [6, 6.07) is 16.0. The Morgan fingerprint density at radius 2 is 1.75 bits per heavy atom. The van der Waals surface area contributed by atoms with E-state index in [0.717, 1.165) is 5.56 Å². The normalized spacial score (nSPS) is 10.8. The predicted molar refractivity (Wildman–Crippen MR) is 113 cm³/mol. The number of nitrogens with zero attached hydrogens (tertiary/aromatic N) is 1.